The van der Waals surface area contributed by atoms with E-state index in [1.807, 2.05) is 31.2 Å². The Hall–Kier alpha value is -1.62. The first kappa shape index (κ1) is 14.8. The molecule has 1 aromatic rings. The highest BCUT2D eigenvalue weighted by Crippen LogP contribution is 2.27. The standard InChI is InChI=1S/C15H20N2O2S/c1-2-7-17(9-14(16)20)15(18)12-8-11-5-3-4-6-13(11)19-10-12/h3-6,12H,2,7-10H2,1H3,(H2,16,20). The molecule has 1 heterocycles. The van der Waals surface area contributed by atoms with Crippen LogP contribution < -0.4 is 10.5 Å². The molecule has 0 spiro atoms. The molecule has 2 rings (SSSR count). The van der Waals surface area contributed by atoms with Crippen molar-refractivity contribution in [3.05, 3.63) is 29.8 Å². The van der Waals surface area contributed by atoms with Crippen LogP contribution in [0.3, 0.4) is 0 Å². The predicted octanol–water partition coefficient (Wildman–Crippen LogP) is 1.76. The van der Waals surface area contributed by atoms with Crippen LogP contribution in [0, 0.1) is 5.92 Å². The van der Waals surface area contributed by atoms with Crippen molar-refractivity contribution in [1.29, 1.82) is 0 Å². The van der Waals surface area contributed by atoms with E-state index in [0.717, 1.165) is 17.7 Å². The minimum Gasteiger partial charge on any atom is -0.492 e. The van der Waals surface area contributed by atoms with Gasteiger partial charge in [0.15, 0.2) is 0 Å². The third-order valence-electron chi connectivity index (χ3n) is 3.38. The number of rotatable bonds is 5. The quantitative estimate of drug-likeness (QED) is 0.840. The summed E-state index contributed by atoms with van der Waals surface area (Å²) < 4.78 is 5.68. The Morgan fingerprint density at radius 1 is 1.50 bits per heavy atom. The fraction of sp³-hybridized carbons (Fsp3) is 0.467. The topological polar surface area (TPSA) is 55.6 Å². The first-order valence-corrected chi connectivity index (χ1v) is 7.30. The summed E-state index contributed by atoms with van der Waals surface area (Å²) in [6.07, 6.45) is 1.60. The van der Waals surface area contributed by atoms with Gasteiger partial charge in [0.2, 0.25) is 5.91 Å². The molecule has 4 nitrogen and oxygen atoms in total. The lowest BCUT2D eigenvalue weighted by atomic mass is 9.95. The number of carbonyl (C=O) groups is 1. The van der Waals surface area contributed by atoms with Crippen molar-refractivity contribution < 1.29 is 9.53 Å². The van der Waals surface area contributed by atoms with Crippen LogP contribution >= 0.6 is 12.2 Å². The highest BCUT2D eigenvalue weighted by atomic mass is 32.1. The molecular formula is C15H20N2O2S. The average Bonchev–Trinajstić information content (AvgIpc) is 2.45. The Bertz CT molecular complexity index is 504. The molecule has 2 N–H and O–H groups in total. The number of ether oxygens (including phenoxy) is 1. The van der Waals surface area contributed by atoms with Crippen molar-refractivity contribution in [2.24, 2.45) is 11.7 Å². The monoisotopic (exact) mass is 292 g/mol. The second kappa shape index (κ2) is 6.70. The number of nitrogens with two attached hydrogens (primary N) is 1. The summed E-state index contributed by atoms with van der Waals surface area (Å²) in [5, 5.41) is 0. The highest BCUT2D eigenvalue weighted by molar-refractivity contribution is 7.80. The fourth-order valence-corrected chi connectivity index (χ4v) is 2.63. The number of hydrogen-bond donors (Lipinski definition) is 1. The van der Waals surface area contributed by atoms with Gasteiger partial charge in [0.05, 0.1) is 17.5 Å². The lowest BCUT2D eigenvalue weighted by Crippen LogP contribution is -2.44. The Labute approximate surface area is 124 Å². The Kier molecular flexibility index (Phi) is 4.95. The SMILES string of the molecule is CCCN(CC(N)=S)C(=O)C1COc2ccccc2C1. The Morgan fingerprint density at radius 3 is 2.95 bits per heavy atom. The van der Waals surface area contributed by atoms with Crippen LogP contribution in [-0.2, 0) is 11.2 Å². The van der Waals surface area contributed by atoms with Crippen LogP contribution in [0.1, 0.15) is 18.9 Å². The molecule has 0 radical (unpaired) electrons. The van der Waals surface area contributed by atoms with Gasteiger partial charge in [-0.25, -0.2) is 0 Å². The largest absolute Gasteiger partial charge is 0.492 e. The van der Waals surface area contributed by atoms with E-state index in [-0.39, 0.29) is 11.8 Å². The van der Waals surface area contributed by atoms with E-state index in [9.17, 15) is 4.79 Å². The number of thiocarbonyl (C=S) groups is 1. The normalized spacial score (nSPS) is 16.9. The van der Waals surface area contributed by atoms with Crippen molar-refractivity contribution >= 4 is 23.1 Å². The molecule has 1 aromatic carbocycles. The van der Waals surface area contributed by atoms with Gasteiger partial charge < -0.3 is 15.4 Å². The van der Waals surface area contributed by atoms with E-state index < -0.39 is 0 Å². The zero-order valence-electron chi connectivity index (χ0n) is 11.7. The highest BCUT2D eigenvalue weighted by Gasteiger charge is 2.29. The summed E-state index contributed by atoms with van der Waals surface area (Å²) in [5.41, 5.74) is 6.66. The Morgan fingerprint density at radius 2 is 2.25 bits per heavy atom. The lowest BCUT2D eigenvalue weighted by Gasteiger charge is -2.30. The minimum absolute atomic E-state index is 0.0779. The first-order valence-electron chi connectivity index (χ1n) is 6.89. The molecule has 20 heavy (non-hydrogen) atoms. The van der Waals surface area contributed by atoms with Gasteiger partial charge in [-0.1, -0.05) is 37.3 Å². The van der Waals surface area contributed by atoms with Gasteiger partial charge in [-0.05, 0) is 24.5 Å². The zero-order valence-corrected chi connectivity index (χ0v) is 12.5. The molecule has 1 aliphatic rings. The molecule has 0 aliphatic carbocycles. The molecule has 0 bridgehead atoms. The van der Waals surface area contributed by atoms with Crippen molar-refractivity contribution in [3.8, 4) is 5.75 Å². The van der Waals surface area contributed by atoms with E-state index in [1.54, 1.807) is 4.90 Å². The second-order valence-electron chi connectivity index (χ2n) is 5.05. The number of para-hydroxylation sites is 1. The van der Waals surface area contributed by atoms with Gasteiger partial charge in [-0.3, -0.25) is 4.79 Å². The van der Waals surface area contributed by atoms with E-state index in [4.69, 9.17) is 22.7 Å². The third-order valence-corrected chi connectivity index (χ3v) is 3.51. The molecule has 0 saturated heterocycles. The predicted molar refractivity (Wildman–Crippen MR) is 82.8 cm³/mol. The molecule has 0 saturated carbocycles. The number of amides is 1. The molecule has 0 aromatic heterocycles. The molecule has 1 aliphatic heterocycles. The maximum absolute atomic E-state index is 12.6. The zero-order chi connectivity index (χ0) is 14.5. The fourth-order valence-electron chi connectivity index (χ4n) is 2.47. The average molecular weight is 292 g/mol. The summed E-state index contributed by atoms with van der Waals surface area (Å²) in [7, 11) is 0. The van der Waals surface area contributed by atoms with Gasteiger partial charge in [0.25, 0.3) is 0 Å². The van der Waals surface area contributed by atoms with Crippen molar-refractivity contribution in [2.45, 2.75) is 19.8 Å². The molecule has 108 valence electrons. The number of nitrogens with zero attached hydrogens (tertiary/aromatic N) is 1. The molecule has 1 amide bonds. The summed E-state index contributed by atoms with van der Waals surface area (Å²) in [6, 6.07) is 7.85. The lowest BCUT2D eigenvalue weighted by molar-refractivity contribution is -0.136. The number of benzene rings is 1. The third kappa shape index (κ3) is 3.48. The van der Waals surface area contributed by atoms with Crippen molar-refractivity contribution in [1.82, 2.24) is 4.90 Å². The van der Waals surface area contributed by atoms with Gasteiger partial charge in [-0.15, -0.1) is 0 Å². The van der Waals surface area contributed by atoms with Crippen LogP contribution in [0.5, 0.6) is 5.75 Å². The molecule has 1 unspecified atom stereocenters. The van der Waals surface area contributed by atoms with Crippen LogP contribution in [0.2, 0.25) is 0 Å². The van der Waals surface area contributed by atoms with Crippen molar-refractivity contribution in [2.75, 3.05) is 19.7 Å². The number of carbonyl (C=O) groups excluding carboxylic acids is 1. The van der Waals surface area contributed by atoms with E-state index in [0.29, 0.717) is 31.1 Å². The van der Waals surface area contributed by atoms with Crippen LogP contribution in [0.4, 0.5) is 0 Å². The van der Waals surface area contributed by atoms with Crippen molar-refractivity contribution in [3.63, 3.8) is 0 Å². The Balaban J connectivity index is 2.07. The second-order valence-corrected chi connectivity index (χ2v) is 5.57. The number of fused-ring (bicyclic) bond motifs is 1. The molecular weight excluding hydrogens is 272 g/mol. The van der Waals surface area contributed by atoms with Gasteiger partial charge in [-0.2, -0.15) is 0 Å². The minimum atomic E-state index is -0.147. The molecule has 1 atom stereocenters. The smallest absolute Gasteiger partial charge is 0.229 e. The van der Waals surface area contributed by atoms with E-state index in [2.05, 4.69) is 0 Å². The van der Waals surface area contributed by atoms with Crippen LogP contribution in [-0.4, -0.2) is 35.5 Å². The maximum atomic E-state index is 12.6. The van der Waals surface area contributed by atoms with Crippen LogP contribution in [0.15, 0.2) is 24.3 Å². The molecule has 0 fully saturated rings. The van der Waals surface area contributed by atoms with E-state index >= 15 is 0 Å². The maximum Gasteiger partial charge on any atom is 0.229 e. The first-order chi connectivity index (χ1) is 9.61. The van der Waals surface area contributed by atoms with Crippen LogP contribution in [0.25, 0.3) is 0 Å². The summed E-state index contributed by atoms with van der Waals surface area (Å²) in [6.45, 7) is 3.48. The summed E-state index contributed by atoms with van der Waals surface area (Å²) in [5.74, 6) is 0.813. The van der Waals surface area contributed by atoms with E-state index in [1.165, 1.54) is 0 Å². The van der Waals surface area contributed by atoms with Gasteiger partial charge >= 0.3 is 0 Å². The summed E-state index contributed by atoms with van der Waals surface area (Å²) >= 11 is 4.92. The van der Waals surface area contributed by atoms with Gasteiger partial charge in [0.1, 0.15) is 12.4 Å². The number of hydrogen-bond acceptors (Lipinski definition) is 3. The summed E-state index contributed by atoms with van der Waals surface area (Å²) in [4.78, 5) is 14.7. The van der Waals surface area contributed by atoms with Gasteiger partial charge in [0, 0.05) is 6.54 Å². The molecule has 5 heteroatoms.